The summed E-state index contributed by atoms with van der Waals surface area (Å²) >= 11 is 0. The predicted molar refractivity (Wildman–Crippen MR) is 126 cm³/mol. The van der Waals surface area contributed by atoms with Crippen LogP contribution in [-0.2, 0) is 19.9 Å². The van der Waals surface area contributed by atoms with Crippen molar-refractivity contribution in [3.63, 3.8) is 0 Å². The zero-order chi connectivity index (χ0) is 27.7. The lowest BCUT2D eigenvalue weighted by Gasteiger charge is -2.52. The van der Waals surface area contributed by atoms with Crippen LogP contribution in [0.4, 0.5) is 19.7 Å². The highest BCUT2D eigenvalue weighted by Crippen LogP contribution is 2.41. The van der Waals surface area contributed by atoms with E-state index >= 15 is 0 Å². The Kier molecular flexibility index (Phi) is 7.48. The first-order chi connectivity index (χ1) is 17.3. The Balaban J connectivity index is 2.40. The second-order valence-electron chi connectivity index (χ2n) is 8.45. The van der Waals surface area contributed by atoms with Crippen molar-refractivity contribution in [1.29, 1.82) is 0 Å². The molecule has 0 aliphatic carbocycles. The number of esters is 2. The Hall–Kier alpha value is -4.52. The summed E-state index contributed by atoms with van der Waals surface area (Å²) in [5.41, 5.74) is -2.17. The van der Waals surface area contributed by atoms with E-state index in [9.17, 15) is 33.5 Å². The zero-order valence-corrected chi connectivity index (χ0v) is 20.6. The highest BCUT2D eigenvalue weighted by molar-refractivity contribution is 6.11. The van der Waals surface area contributed by atoms with E-state index in [1.165, 1.54) is 49.3 Å². The van der Waals surface area contributed by atoms with Crippen molar-refractivity contribution >= 4 is 35.7 Å². The van der Waals surface area contributed by atoms with E-state index in [1.807, 2.05) is 0 Å². The smallest absolute Gasteiger partial charge is 0.405 e. The molecule has 37 heavy (non-hydrogen) atoms. The van der Waals surface area contributed by atoms with Gasteiger partial charge in [-0.3, -0.25) is 34.4 Å². The van der Waals surface area contributed by atoms with Crippen molar-refractivity contribution < 1.29 is 42.9 Å². The van der Waals surface area contributed by atoms with Crippen molar-refractivity contribution in [3.05, 3.63) is 53.8 Å². The van der Waals surface area contributed by atoms with Gasteiger partial charge in [0.1, 0.15) is 23.5 Å². The normalized spacial score (nSPS) is 19.6. The van der Waals surface area contributed by atoms with E-state index < -0.39 is 47.5 Å². The molecule has 0 bridgehead atoms. The topological polar surface area (TPSA) is 146 Å². The Morgan fingerprint density at radius 3 is 1.95 bits per heavy atom. The largest absolute Gasteiger partial charge is 0.465 e. The van der Waals surface area contributed by atoms with E-state index in [-0.39, 0.29) is 22.7 Å². The minimum Gasteiger partial charge on any atom is -0.465 e. The van der Waals surface area contributed by atoms with Crippen LogP contribution in [0.25, 0.3) is 0 Å². The molecule has 196 valence electrons. The second kappa shape index (κ2) is 10.2. The average Bonchev–Trinajstić information content (AvgIpc) is 2.78. The molecule has 1 heterocycles. The summed E-state index contributed by atoms with van der Waals surface area (Å²) in [5, 5.41) is 12.1. The first kappa shape index (κ1) is 27.1. The molecule has 2 aromatic carbocycles. The highest BCUT2D eigenvalue weighted by Gasteiger charge is 2.60. The summed E-state index contributed by atoms with van der Waals surface area (Å²) in [7, 11) is 4.18. The lowest BCUT2D eigenvalue weighted by molar-refractivity contribution is -0.139. The van der Waals surface area contributed by atoms with Gasteiger partial charge >= 0.3 is 24.1 Å². The number of carbonyl (C=O) groups excluding carboxylic acids is 4. The van der Waals surface area contributed by atoms with Crippen LogP contribution in [0.2, 0.25) is 0 Å². The molecule has 2 unspecified atom stereocenters. The second-order valence-corrected chi connectivity index (χ2v) is 8.45. The Morgan fingerprint density at radius 2 is 1.51 bits per heavy atom. The van der Waals surface area contributed by atoms with Gasteiger partial charge in [0, 0.05) is 32.6 Å². The van der Waals surface area contributed by atoms with Gasteiger partial charge in [-0.15, -0.1) is 0 Å². The molecule has 1 aliphatic rings. The minimum atomic E-state index is -2.24. The standard InChI is InChI=1S/C24H25FN4O8/c1-13(30)36-18-10-15(11-19(12-18)37-14(2)31)24(26-22(33)34)20(27(3)4)29(23(35)28(5)21(24)32)17-8-6-16(25)7-9-17/h6-12,20,26H,1-5H3,(H,33,34). The van der Waals surface area contributed by atoms with E-state index in [0.29, 0.717) is 4.90 Å². The Morgan fingerprint density at radius 1 is 1.00 bits per heavy atom. The molecule has 0 saturated carbocycles. The molecule has 0 radical (unpaired) electrons. The number of halogens is 1. The van der Waals surface area contributed by atoms with Crippen molar-refractivity contribution in [2.45, 2.75) is 25.6 Å². The minimum absolute atomic E-state index is 0.0972. The maximum atomic E-state index is 13.9. The highest BCUT2D eigenvalue weighted by atomic mass is 19.1. The van der Waals surface area contributed by atoms with E-state index in [4.69, 9.17) is 9.47 Å². The maximum Gasteiger partial charge on any atom is 0.405 e. The third kappa shape index (κ3) is 5.21. The first-order valence-corrected chi connectivity index (χ1v) is 10.8. The quantitative estimate of drug-likeness (QED) is 0.435. The summed E-state index contributed by atoms with van der Waals surface area (Å²) in [6, 6.07) is 7.68. The van der Waals surface area contributed by atoms with Crippen LogP contribution in [0.3, 0.4) is 0 Å². The average molecular weight is 516 g/mol. The monoisotopic (exact) mass is 516 g/mol. The van der Waals surface area contributed by atoms with Gasteiger partial charge in [0.15, 0.2) is 5.54 Å². The van der Waals surface area contributed by atoms with Crippen LogP contribution in [0, 0.1) is 5.82 Å². The number of rotatable bonds is 6. The number of imide groups is 1. The Bertz CT molecular complexity index is 1230. The molecule has 0 spiro atoms. The third-order valence-electron chi connectivity index (χ3n) is 5.52. The van der Waals surface area contributed by atoms with Gasteiger partial charge in [-0.05, 0) is 56.1 Å². The summed E-state index contributed by atoms with van der Waals surface area (Å²) in [4.78, 5) is 66.0. The summed E-state index contributed by atoms with van der Waals surface area (Å²) in [6.07, 6.45) is -2.98. The number of nitrogens with one attached hydrogen (secondary N) is 1. The number of ether oxygens (including phenoxy) is 2. The molecular formula is C24H25FN4O8. The molecule has 1 saturated heterocycles. The number of hydrogen-bond acceptors (Lipinski definition) is 8. The van der Waals surface area contributed by atoms with Crippen molar-refractivity contribution in [2.75, 3.05) is 26.0 Å². The van der Waals surface area contributed by atoms with Crippen molar-refractivity contribution in [2.24, 2.45) is 0 Å². The number of anilines is 1. The maximum absolute atomic E-state index is 13.9. The first-order valence-electron chi connectivity index (χ1n) is 10.8. The number of nitrogens with zero attached hydrogens (tertiary/aromatic N) is 3. The molecule has 1 aliphatic heterocycles. The molecule has 4 amide bonds. The molecule has 0 aromatic heterocycles. The van der Waals surface area contributed by atoms with Gasteiger partial charge in [-0.2, -0.15) is 0 Å². The van der Waals surface area contributed by atoms with Gasteiger partial charge in [0.2, 0.25) is 0 Å². The van der Waals surface area contributed by atoms with Gasteiger partial charge in [0.25, 0.3) is 5.91 Å². The van der Waals surface area contributed by atoms with Gasteiger partial charge in [0.05, 0.1) is 0 Å². The summed E-state index contributed by atoms with van der Waals surface area (Å²) in [5.74, 6) is -3.30. The lowest BCUT2D eigenvalue weighted by Crippen LogP contribution is -2.77. The molecule has 2 aromatic rings. The fraction of sp³-hybridized carbons (Fsp3) is 0.292. The van der Waals surface area contributed by atoms with Gasteiger partial charge in [-0.1, -0.05) is 0 Å². The number of carboxylic acid groups (broad SMARTS) is 1. The fourth-order valence-electron chi connectivity index (χ4n) is 4.27. The number of hydrogen-bond donors (Lipinski definition) is 2. The molecule has 12 nitrogen and oxygen atoms in total. The van der Waals surface area contributed by atoms with Crippen LogP contribution in [0.5, 0.6) is 11.5 Å². The summed E-state index contributed by atoms with van der Waals surface area (Å²) in [6.45, 7) is 2.25. The summed E-state index contributed by atoms with van der Waals surface area (Å²) < 4.78 is 24.0. The van der Waals surface area contributed by atoms with Crippen LogP contribution in [0.15, 0.2) is 42.5 Å². The van der Waals surface area contributed by atoms with E-state index in [1.54, 1.807) is 0 Å². The van der Waals surface area contributed by atoms with E-state index in [0.717, 1.165) is 37.9 Å². The number of benzene rings is 2. The molecular weight excluding hydrogens is 491 g/mol. The van der Waals surface area contributed by atoms with Crippen molar-refractivity contribution in [1.82, 2.24) is 15.1 Å². The predicted octanol–water partition coefficient (Wildman–Crippen LogP) is 2.13. The Labute approximate surface area is 211 Å². The van der Waals surface area contributed by atoms with Gasteiger partial charge < -0.3 is 14.6 Å². The molecule has 2 N–H and O–H groups in total. The third-order valence-corrected chi connectivity index (χ3v) is 5.52. The van der Waals surface area contributed by atoms with E-state index in [2.05, 4.69) is 5.32 Å². The van der Waals surface area contributed by atoms with Crippen LogP contribution in [-0.4, -0.2) is 72.2 Å². The molecule has 2 atom stereocenters. The number of carbonyl (C=O) groups is 5. The van der Waals surface area contributed by atoms with Crippen LogP contribution >= 0.6 is 0 Å². The fourth-order valence-corrected chi connectivity index (χ4v) is 4.27. The molecule has 1 fully saturated rings. The van der Waals surface area contributed by atoms with Crippen molar-refractivity contribution in [3.8, 4) is 11.5 Å². The number of amides is 4. The van der Waals surface area contributed by atoms with Gasteiger partial charge in [-0.25, -0.2) is 14.0 Å². The zero-order valence-electron chi connectivity index (χ0n) is 20.6. The van der Waals surface area contributed by atoms with Crippen LogP contribution in [0.1, 0.15) is 19.4 Å². The molecule has 3 rings (SSSR count). The number of urea groups is 1. The lowest BCUT2D eigenvalue weighted by atomic mass is 9.81. The van der Waals surface area contributed by atoms with Crippen LogP contribution < -0.4 is 19.7 Å². The molecule has 13 heteroatoms. The number of likely N-dealkylation sites (N-methyl/N-ethyl adjacent to an activating group) is 2. The SMILES string of the molecule is CC(=O)Oc1cc(OC(C)=O)cc(C2(NC(=O)O)C(=O)N(C)C(=O)N(c3ccc(F)cc3)C2N(C)C)c1.